The lowest BCUT2D eigenvalue weighted by Crippen LogP contribution is -2.35. The van der Waals surface area contributed by atoms with E-state index >= 15 is 0 Å². The summed E-state index contributed by atoms with van der Waals surface area (Å²) in [6.07, 6.45) is -0.286. The first-order valence-corrected chi connectivity index (χ1v) is 6.82. The smallest absolute Gasteiger partial charge is 0.408 e. The van der Waals surface area contributed by atoms with Crippen molar-refractivity contribution in [3.8, 4) is 11.8 Å². The molecule has 0 aliphatic heterocycles. The van der Waals surface area contributed by atoms with Crippen molar-refractivity contribution in [1.82, 2.24) is 5.32 Å². The average molecular weight is 296 g/mol. The molecule has 0 spiro atoms. The Balaban J connectivity index is 1.83. The predicted molar refractivity (Wildman–Crippen MR) is 81.0 cm³/mol. The lowest BCUT2D eigenvalue weighted by Gasteiger charge is -2.12. The molecule has 112 valence electrons. The maximum atomic E-state index is 11.7. The van der Waals surface area contributed by atoms with Crippen LogP contribution in [0, 0.1) is 11.3 Å². The first-order valence-electron chi connectivity index (χ1n) is 6.82. The molecule has 5 nitrogen and oxygen atoms in total. The number of benzene rings is 2. The van der Waals surface area contributed by atoms with Crippen molar-refractivity contribution < 1.29 is 14.6 Å². The highest BCUT2D eigenvalue weighted by Crippen LogP contribution is 2.11. The second kappa shape index (κ2) is 7.70. The third-order valence-electron chi connectivity index (χ3n) is 3.04. The number of hydrogen-bond donors (Lipinski definition) is 2. The molecular formula is C17H16N2O3. The van der Waals surface area contributed by atoms with Gasteiger partial charge in [-0.2, -0.15) is 5.26 Å². The highest BCUT2D eigenvalue weighted by molar-refractivity contribution is 5.68. The number of hydrogen-bond acceptors (Lipinski definition) is 4. The lowest BCUT2D eigenvalue weighted by molar-refractivity contribution is 0.137. The van der Waals surface area contributed by atoms with Crippen molar-refractivity contribution in [1.29, 1.82) is 5.26 Å². The van der Waals surface area contributed by atoms with Crippen molar-refractivity contribution in [2.24, 2.45) is 0 Å². The summed E-state index contributed by atoms with van der Waals surface area (Å²) in [5, 5.41) is 20.8. The summed E-state index contributed by atoms with van der Waals surface area (Å²) in [4.78, 5) is 11.7. The number of phenols is 1. The Kier molecular flexibility index (Phi) is 5.38. The van der Waals surface area contributed by atoms with E-state index < -0.39 is 12.1 Å². The highest BCUT2D eigenvalue weighted by atomic mass is 16.5. The third-order valence-corrected chi connectivity index (χ3v) is 3.04. The SMILES string of the molecule is N#CC(Cc1ccc(O)cc1)NC(=O)OCc1ccccc1. The zero-order valence-corrected chi connectivity index (χ0v) is 11.9. The fraction of sp³-hybridized carbons (Fsp3) is 0.176. The molecule has 0 aliphatic carbocycles. The van der Waals surface area contributed by atoms with E-state index in [4.69, 9.17) is 10.00 Å². The van der Waals surface area contributed by atoms with Crippen molar-refractivity contribution in [3.05, 3.63) is 65.7 Å². The van der Waals surface area contributed by atoms with Crippen molar-refractivity contribution in [2.45, 2.75) is 19.1 Å². The predicted octanol–water partition coefficient (Wildman–Crippen LogP) is 2.75. The second-order valence-electron chi connectivity index (χ2n) is 4.76. The molecule has 0 fully saturated rings. The van der Waals surface area contributed by atoms with E-state index in [1.807, 2.05) is 36.4 Å². The molecule has 0 bridgehead atoms. The molecule has 5 heteroatoms. The van der Waals surface area contributed by atoms with Crippen LogP contribution < -0.4 is 5.32 Å². The van der Waals surface area contributed by atoms with Crippen LogP contribution in [0.4, 0.5) is 4.79 Å². The van der Waals surface area contributed by atoms with E-state index in [-0.39, 0.29) is 12.4 Å². The molecule has 0 aromatic heterocycles. The Morgan fingerprint density at radius 3 is 2.45 bits per heavy atom. The van der Waals surface area contributed by atoms with E-state index in [2.05, 4.69) is 5.32 Å². The van der Waals surface area contributed by atoms with Crippen LogP contribution in [0.1, 0.15) is 11.1 Å². The number of nitrogens with zero attached hydrogens (tertiary/aromatic N) is 1. The first kappa shape index (κ1) is 15.4. The zero-order chi connectivity index (χ0) is 15.8. The monoisotopic (exact) mass is 296 g/mol. The Bertz CT molecular complexity index is 648. The molecule has 0 saturated heterocycles. The number of nitrogens with one attached hydrogen (secondary N) is 1. The lowest BCUT2D eigenvalue weighted by atomic mass is 10.1. The number of carbonyl (C=O) groups is 1. The summed E-state index contributed by atoms with van der Waals surface area (Å²) in [7, 11) is 0. The van der Waals surface area contributed by atoms with Gasteiger partial charge >= 0.3 is 6.09 Å². The summed E-state index contributed by atoms with van der Waals surface area (Å²) >= 11 is 0. The van der Waals surface area contributed by atoms with E-state index in [9.17, 15) is 9.90 Å². The van der Waals surface area contributed by atoms with Gasteiger partial charge < -0.3 is 15.2 Å². The molecule has 1 unspecified atom stereocenters. The van der Waals surface area contributed by atoms with Gasteiger partial charge in [-0.1, -0.05) is 42.5 Å². The van der Waals surface area contributed by atoms with Crippen LogP contribution in [0.25, 0.3) is 0 Å². The van der Waals surface area contributed by atoms with Gasteiger partial charge in [0.25, 0.3) is 0 Å². The normalized spacial score (nSPS) is 11.2. The number of amides is 1. The molecule has 2 aromatic rings. The number of alkyl carbamates (subject to hydrolysis) is 1. The molecule has 2 aromatic carbocycles. The van der Waals surface area contributed by atoms with E-state index in [1.54, 1.807) is 12.1 Å². The van der Waals surface area contributed by atoms with E-state index in [1.165, 1.54) is 12.1 Å². The minimum atomic E-state index is -0.687. The molecule has 0 heterocycles. The van der Waals surface area contributed by atoms with Gasteiger partial charge in [0.05, 0.1) is 6.07 Å². The maximum Gasteiger partial charge on any atom is 0.408 e. The van der Waals surface area contributed by atoms with Gasteiger partial charge in [0.1, 0.15) is 18.4 Å². The van der Waals surface area contributed by atoms with Gasteiger partial charge in [-0.15, -0.1) is 0 Å². The summed E-state index contributed by atoms with van der Waals surface area (Å²) in [6, 6.07) is 17.1. The van der Waals surface area contributed by atoms with Crippen molar-refractivity contribution >= 4 is 6.09 Å². The van der Waals surface area contributed by atoms with Crippen LogP contribution in [0.15, 0.2) is 54.6 Å². The van der Waals surface area contributed by atoms with Gasteiger partial charge in [0, 0.05) is 6.42 Å². The summed E-state index contributed by atoms with van der Waals surface area (Å²) < 4.78 is 5.08. The number of nitriles is 1. The summed E-state index contributed by atoms with van der Waals surface area (Å²) in [5.74, 6) is 0.160. The maximum absolute atomic E-state index is 11.7. The summed E-state index contributed by atoms with van der Waals surface area (Å²) in [6.45, 7) is 0.157. The van der Waals surface area contributed by atoms with Gasteiger partial charge in [-0.05, 0) is 23.3 Å². The van der Waals surface area contributed by atoms with Crippen LogP contribution in [0.2, 0.25) is 0 Å². The van der Waals surface area contributed by atoms with Crippen LogP contribution in [0.5, 0.6) is 5.75 Å². The topological polar surface area (TPSA) is 82.4 Å². The summed E-state index contributed by atoms with van der Waals surface area (Å²) in [5.41, 5.74) is 1.72. The second-order valence-corrected chi connectivity index (χ2v) is 4.76. The third kappa shape index (κ3) is 4.84. The number of carbonyl (C=O) groups excluding carboxylic acids is 1. The van der Waals surface area contributed by atoms with Crippen molar-refractivity contribution in [3.63, 3.8) is 0 Å². The molecule has 2 N–H and O–H groups in total. The Morgan fingerprint density at radius 1 is 1.14 bits per heavy atom. The van der Waals surface area contributed by atoms with Crippen LogP contribution in [-0.2, 0) is 17.8 Å². The Labute approximate surface area is 128 Å². The standard InChI is InChI=1S/C17H16N2O3/c18-11-15(10-13-6-8-16(20)9-7-13)19-17(21)22-12-14-4-2-1-3-5-14/h1-9,15,20H,10,12H2,(H,19,21). The van der Waals surface area contributed by atoms with Crippen molar-refractivity contribution in [2.75, 3.05) is 0 Å². The van der Waals surface area contributed by atoms with Gasteiger partial charge in [0.15, 0.2) is 0 Å². The number of rotatable bonds is 5. The average Bonchev–Trinajstić information content (AvgIpc) is 2.55. The zero-order valence-electron chi connectivity index (χ0n) is 11.9. The fourth-order valence-electron chi connectivity index (χ4n) is 1.90. The first-order chi connectivity index (χ1) is 10.7. The molecule has 2 rings (SSSR count). The number of phenolic OH excluding ortho intramolecular Hbond substituents is 1. The van der Waals surface area contributed by atoms with Crippen LogP contribution in [-0.4, -0.2) is 17.2 Å². The molecule has 0 radical (unpaired) electrons. The van der Waals surface area contributed by atoms with Gasteiger partial charge in [0.2, 0.25) is 0 Å². The minimum absolute atomic E-state index is 0.157. The van der Waals surface area contributed by atoms with Crippen LogP contribution in [0.3, 0.4) is 0 Å². The Morgan fingerprint density at radius 2 is 1.82 bits per heavy atom. The molecule has 0 saturated carbocycles. The van der Waals surface area contributed by atoms with Gasteiger partial charge in [-0.25, -0.2) is 4.79 Å². The minimum Gasteiger partial charge on any atom is -0.508 e. The molecular weight excluding hydrogens is 280 g/mol. The largest absolute Gasteiger partial charge is 0.508 e. The highest BCUT2D eigenvalue weighted by Gasteiger charge is 2.13. The number of aromatic hydroxyl groups is 1. The van der Waals surface area contributed by atoms with Gasteiger partial charge in [-0.3, -0.25) is 0 Å². The number of ether oxygens (including phenoxy) is 1. The molecule has 22 heavy (non-hydrogen) atoms. The fourth-order valence-corrected chi connectivity index (χ4v) is 1.90. The van der Waals surface area contributed by atoms with E-state index in [0.717, 1.165) is 11.1 Å². The molecule has 0 aliphatic rings. The van der Waals surface area contributed by atoms with E-state index in [0.29, 0.717) is 6.42 Å². The Hall–Kier alpha value is -3.00. The van der Waals surface area contributed by atoms with Crippen LogP contribution >= 0.6 is 0 Å². The quantitative estimate of drug-likeness (QED) is 0.888. The molecule has 1 amide bonds. The molecule has 1 atom stereocenters.